The molecule has 64 valence electrons. The maximum absolute atomic E-state index is 5.64. The lowest BCUT2D eigenvalue weighted by molar-refractivity contribution is -0.0166. The number of likely N-dealkylation sites (tertiary alicyclic amines) is 1. The number of ether oxygens (including phenoxy) is 1. The van der Waals surface area contributed by atoms with Gasteiger partial charge >= 0.3 is 0 Å². The first-order valence-electron chi connectivity index (χ1n) is 4.79. The summed E-state index contributed by atoms with van der Waals surface area (Å²) in [5.41, 5.74) is 0. The van der Waals surface area contributed by atoms with Crippen molar-refractivity contribution in [2.75, 3.05) is 26.2 Å². The summed E-state index contributed by atoms with van der Waals surface area (Å²) < 4.78 is 5.64. The molecule has 2 heteroatoms. The first kappa shape index (κ1) is 7.56. The quantitative estimate of drug-likeness (QED) is 0.595. The predicted molar refractivity (Wildman–Crippen MR) is 44.6 cm³/mol. The molecule has 0 radical (unpaired) electrons. The lowest BCUT2D eigenvalue weighted by Gasteiger charge is -2.35. The Morgan fingerprint density at radius 3 is 2.64 bits per heavy atom. The highest BCUT2D eigenvalue weighted by Gasteiger charge is 2.20. The minimum Gasteiger partial charge on any atom is -0.377 e. The molecule has 2 aliphatic heterocycles. The summed E-state index contributed by atoms with van der Waals surface area (Å²) in [5, 5.41) is 0. The molecule has 0 aromatic carbocycles. The van der Waals surface area contributed by atoms with E-state index in [1.165, 1.54) is 45.3 Å². The average molecular weight is 155 g/mol. The molecule has 0 aromatic heterocycles. The van der Waals surface area contributed by atoms with Crippen LogP contribution in [0.25, 0.3) is 0 Å². The van der Waals surface area contributed by atoms with E-state index < -0.39 is 0 Å². The molecule has 2 nitrogen and oxygen atoms in total. The number of rotatable bonds is 2. The van der Waals surface area contributed by atoms with Gasteiger partial charge in [-0.2, -0.15) is 0 Å². The van der Waals surface area contributed by atoms with Crippen LogP contribution in [0, 0.1) is 0 Å². The van der Waals surface area contributed by atoms with Crippen LogP contribution in [0.4, 0.5) is 0 Å². The Bertz CT molecular complexity index is 117. The third-order valence-corrected chi connectivity index (χ3v) is 2.68. The van der Waals surface area contributed by atoms with E-state index >= 15 is 0 Å². The third-order valence-electron chi connectivity index (χ3n) is 2.68. The molecule has 2 fully saturated rings. The van der Waals surface area contributed by atoms with E-state index in [1.807, 2.05) is 0 Å². The highest BCUT2D eigenvalue weighted by atomic mass is 16.5. The van der Waals surface area contributed by atoms with Crippen LogP contribution in [0.5, 0.6) is 0 Å². The fraction of sp³-hybridized carbons (Fsp3) is 1.00. The van der Waals surface area contributed by atoms with Crippen molar-refractivity contribution in [3.63, 3.8) is 0 Å². The second-order valence-electron chi connectivity index (χ2n) is 3.64. The van der Waals surface area contributed by atoms with Crippen molar-refractivity contribution in [3.05, 3.63) is 0 Å². The fourth-order valence-corrected chi connectivity index (χ4v) is 1.80. The Balaban J connectivity index is 1.67. The monoisotopic (exact) mass is 155 g/mol. The molecule has 2 saturated heterocycles. The second kappa shape index (κ2) is 3.55. The first-order chi connectivity index (χ1) is 5.45. The molecule has 0 N–H and O–H groups in total. The summed E-state index contributed by atoms with van der Waals surface area (Å²) in [7, 11) is 0. The number of hydrogen-bond acceptors (Lipinski definition) is 2. The van der Waals surface area contributed by atoms with Gasteiger partial charge in [-0.25, -0.2) is 0 Å². The molecule has 1 unspecified atom stereocenters. The molecule has 2 heterocycles. The maximum Gasteiger partial charge on any atom is 0.0702 e. The minimum atomic E-state index is 0.559. The molecule has 0 aliphatic carbocycles. The van der Waals surface area contributed by atoms with Gasteiger partial charge in [-0.15, -0.1) is 0 Å². The summed E-state index contributed by atoms with van der Waals surface area (Å²) in [6, 6.07) is 0. The molecule has 0 spiro atoms. The van der Waals surface area contributed by atoms with Crippen LogP contribution in [0.15, 0.2) is 0 Å². The summed E-state index contributed by atoms with van der Waals surface area (Å²) >= 11 is 0. The van der Waals surface area contributed by atoms with Crippen molar-refractivity contribution < 1.29 is 4.74 Å². The van der Waals surface area contributed by atoms with Crippen molar-refractivity contribution in [1.29, 1.82) is 0 Å². The van der Waals surface area contributed by atoms with Crippen molar-refractivity contribution in [2.45, 2.75) is 31.8 Å². The minimum absolute atomic E-state index is 0.559. The zero-order chi connectivity index (χ0) is 7.52. The van der Waals surface area contributed by atoms with E-state index in [2.05, 4.69) is 4.90 Å². The van der Waals surface area contributed by atoms with E-state index in [1.54, 1.807) is 0 Å². The van der Waals surface area contributed by atoms with Crippen LogP contribution in [0.1, 0.15) is 25.7 Å². The van der Waals surface area contributed by atoms with Crippen LogP contribution in [0.2, 0.25) is 0 Å². The van der Waals surface area contributed by atoms with E-state index in [9.17, 15) is 0 Å². The molecule has 11 heavy (non-hydrogen) atoms. The van der Waals surface area contributed by atoms with Gasteiger partial charge in [0.15, 0.2) is 0 Å². The summed E-state index contributed by atoms with van der Waals surface area (Å²) in [4.78, 5) is 2.50. The van der Waals surface area contributed by atoms with Gasteiger partial charge in [0.05, 0.1) is 6.10 Å². The van der Waals surface area contributed by atoms with E-state index in [0.717, 1.165) is 6.61 Å². The van der Waals surface area contributed by atoms with Gasteiger partial charge in [0.25, 0.3) is 0 Å². The molecular formula is C9H17NO. The Hall–Kier alpha value is -0.0800. The molecule has 0 amide bonds. The largest absolute Gasteiger partial charge is 0.377 e. The summed E-state index contributed by atoms with van der Waals surface area (Å²) in [6.07, 6.45) is 5.89. The lowest BCUT2D eigenvalue weighted by atomic mass is 10.1. The standard InChI is InChI=1S/C9H17NO/c1-2-7-11-9(4-1)8-10-5-3-6-10/h9H,1-8H2. The molecule has 0 bridgehead atoms. The van der Waals surface area contributed by atoms with E-state index in [0.29, 0.717) is 6.10 Å². The SMILES string of the molecule is C1CCC(CN2CCC2)OC1. The van der Waals surface area contributed by atoms with Crippen LogP contribution in [0.3, 0.4) is 0 Å². The Morgan fingerprint density at radius 2 is 2.09 bits per heavy atom. The van der Waals surface area contributed by atoms with E-state index in [-0.39, 0.29) is 0 Å². The first-order valence-corrected chi connectivity index (χ1v) is 4.79. The highest BCUT2D eigenvalue weighted by molar-refractivity contribution is 4.74. The molecule has 0 aromatic rings. The highest BCUT2D eigenvalue weighted by Crippen LogP contribution is 2.16. The van der Waals surface area contributed by atoms with Crippen molar-refractivity contribution in [3.8, 4) is 0 Å². The predicted octanol–water partition coefficient (Wildman–Crippen LogP) is 1.26. The van der Waals surface area contributed by atoms with Crippen molar-refractivity contribution in [1.82, 2.24) is 4.90 Å². The Morgan fingerprint density at radius 1 is 1.18 bits per heavy atom. The van der Waals surface area contributed by atoms with Gasteiger partial charge in [-0.1, -0.05) is 0 Å². The lowest BCUT2D eigenvalue weighted by Crippen LogP contribution is -2.43. The summed E-state index contributed by atoms with van der Waals surface area (Å²) in [5.74, 6) is 0. The summed E-state index contributed by atoms with van der Waals surface area (Å²) in [6.45, 7) is 4.80. The number of nitrogens with zero attached hydrogens (tertiary/aromatic N) is 1. The van der Waals surface area contributed by atoms with Crippen molar-refractivity contribution >= 4 is 0 Å². The zero-order valence-corrected chi connectivity index (χ0v) is 7.09. The molecule has 2 rings (SSSR count). The van der Waals surface area contributed by atoms with Gasteiger partial charge < -0.3 is 9.64 Å². The number of hydrogen-bond donors (Lipinski definition) is 0. The average Bonchev–Trinajstić information content (AvgIpc) is 1.99. The molecule has 2 aliphatic rings. The van der Waals surface area contributed by atoms with Gasteiger partial charge in [-0.05, 0) is 38.8 Å². The molecule has 1 atom stereocenters. The van der Waals surface area contributed by atoms with Crippen LogP contribution < -0.4 is 0 Å². The maximum atomic E-state index is 5.64. The third kappa shape index (κ3) is 1.94. The van der Waals surface area contributed by atoms with Gasteiger partial charge in [-0.3, -0.25) is 0 Å². The molecular weight excluding hydrogens is 138 g/mol. The smallest absolute Gasteiger partial charge is 0.0702 e. The van der Waals surface area contributed by atoms with Crippen LogP contribution in [-0.4, -0.2) is 37.2 Å². The van der Waals surface area contributed by atoms with E-state index in [4.69, 9.17) is 4.74 Å². The zero-order valence-electron chi connectivity index (χ0n) is 7.09. The fourth-order valence-electron chi connectivity index (χ4n) is 1.80. The van der Waals surface area contributed by atoms with Crippen LogP contribution >= 0.6 is 0 Å². The van der Waals surface area contributed by atoms with Gasteiger partial charge in [0, 0.05) is 13.2 Å². The second-order valence-corrected chi connectivity index (χ2v) is 3.64. The van der Waals surface area contributed by atoms with Crippen molar-refractivity contribution in [2.24, 2.45) is 0 Å². The Kier molecular flexibility index (Phi) is 2.44. The topological polar surface area (TPSA) is 12.5 Å². The van der Waals surface area contributed by atoms with Crippen LogP contribution in [-0.2, 0) is 4.74 Å². The van der Waals surface area contributed by atoms with Gasteiger partial charge in [0.1, 0.15) is 0 Å². The molecule has 0 saturated carbocycles. The van der Waals surface area contributed by atoms with Gasteiger partial charge in [0.2, 0.25) is 0 Å². The Labute approximate surface area is 68.5 Å². The normalized spacial score (nSPS) is 33.3.